The van der Waals surface area contributed by atoms with Crippen molar-refractivity contribution in [1.82, 2.24) is 0 Å². The standard InChI is InChI=1S/C18H28O3/c1-3-4-5-6-7-18-17(19)13-16(21-18)12-14-8-10-15(20-2)11-9-14/h8-11,16-19H,3-7,12-13H2,1-2H3/t16?,17-,18-/m1/s1. The number of benzene rings is 1. The van der Waals surface area contributed by atoms with Crippen molar-refractivity contribution in [2.75, 3.05) is 7.11 Å². The van der Waals surface area contributed by atoms with Gasteiger partial charge >= 0.3 is 0 Å². The zero-order valence-corrected chi connectivity index (χ0v) is 13.3. The first kappa shape index (κ1) is 16.3. The topological polar surface area (TPSA) is 38.7 Å². The molecule has 1 fully saturated rings. The summed E-state index contributed by atoms with van der Waals surface area (Å²) >= 11 is 0. The van der Waals surface area contributed by atoms with E-state index in [1.54, 1.807) is 7.11 Å². The van der Waals surface area contributed by atoms with Gasteiger partial charge in [-0.25, -0.2) is 0 Å². The van der Waals surface area contributed by atoms with Crippen LogP contribution in [0, 0.1) is 0 Å². The van der Waals surface area contributed by atoms with Crippen LogP contribution in [0.1, 0.15) is 51.0 Å². The lowest BCUT2D eigenvalue weighted by atomic mass is 10.0. The number of ether oxygens (including phenoxy) is 2. The Balaban J connectivity index is 1.77. The SMILES string of the molecule is CCCCCC[C@H]1OC(Cc2ccc(OC)cc2)C[C@H]1O. The first-order valence-electron chi connectivity index (χ1n) is 8.19. The molecule has 1 heterocycles. The lowest BCUT2D eigenvalue weighted by Crippen LogP contribution is -2.20. The van der Waals surface area contributed by atoms with Crippen LogP contribution in [0.25, 0.3) is 0 Å². The predicted octanol–water partition coefficient (Wildman–Crippen LogP) is 3.73. The highest BCUT2D eigenvalue weighted by Crippen LogP contribution is 2.27. The van der Waals surface area contributed by atoms with Gasteiger partial charge in [-0.3, -0.25) is 0 Å². The van der Waals surface area contributed by atoms with Crippen molar-refractivity contribution in [3.05, 3.63) is 29.8 Å². The van der Waals surface area contributed by atoms with E-state index in [0.717, 1.165) is 31.4 Å². The molecule has 0 bridgehead atoms. The van der Waals surface area contributed by atoms with Crippen molar-refractivity contribution in [3.63, 3.8) is 0 Å². The van der Waals surface area contributed by atoms with E-state index in [-0.39, 0.29) is 18.3 Å². The van der Waals surface area contributed by atoms with Crippen LogP contribution in [0.2, 0.25) is 0 Å². The van der Waals surface area contributed by atoms with E-state index >= 15 is 0 Å². The summed E-state index contributed by atoms with van der Waals surface area (Å²) in [5.74, 6) is 0.875. The van der Waals surface area contributed by atoms with Crippen LogP contribution in [-0.2, 0) is 11.2 Å². The molecule has 0 spiro atoms. The Morgan fingerprint density at radius 1 is 1.19 bits per heavy atom. The molecule has 0 amide bonds. The smallest absolute Gasteiger partial charge is 0.118 e. The normalized spacial score (nSPS) is 25.2. The van der Waals surface area contributed by atoms with E-state index in [1.165, 1.54) is 24.8 Å². The van der Waals surface area contributed by atoms with Gasteiger partial charge in [0.15, 0.2) is 0 Å². The van der Waals surface area contributed by atoms with Crippen LogP contribution >= 0.6 is 0 Å². The third kappa shape index (κ3) is 5.01. The van der Waals surface area contributed by atoms with Crippen molar-refractivity contribution in [3.8, 4) is 5.75 Å². The molecule has 1 aromatic carbocycles. The lowest BCUT2D eigenvalue weighted by Gasteiger charge is -2.15. The molecular weight excluding hydrogens is 264 g/mol. The van der Waals surface area contributed by atoms with E-state index in [2.05, 4.69) is 19.1 Å². The van der Waals surface area contributed by atoms with E-state index in [0.29, 0.717) is 0 Å². The van der Waals surface area contributed by atoms with Gasteiger partial charge in [0.1, 0.15) is 5.75 Å². The predicted molar refractivity (Wildman–Crippen MR) is 84.7 cm³/mol. The summed E-state index contributed by atoms with van der Waals surface area (Å²) in [6.45, 7) is 2.21. The molecule has 0 radical (unpaired) electrons. The van der Waals surface area contributed by atoms with E-state index in [1.807, 2.05) is 12.1 Å². The van der Waals surface area contributed by atoms with Crippen LogP contribution in [0.15, 0.2) is 24.3 Å². The Morgan fingerprint density at radius 2 is 1.95 bits per heavy atom. The molecule has 3 atom stereocenters. The van der Waals surface area contributed by atoms with Crippen molar-refractivity contribution >= 4 is 0 Å². The molecule has 3 heteroatoms. The molecule has 118 valence electrons. The molecule has 0 aromatic heterocycles. The highest BCUT2D eigenvalue weighted by Gasteiger charge is 2.33. The summed E-state index contributed by atoms with van der Waals surface area (Å²) in [7, 11) is 1.68. The Labute approximate surface area is 128 Å². The van der Waals surface area contributed by atoms with E-state index in [9.17, 15) is 5.11 Å². The summed E-state index contributed by atoms with van der Waals surface area (Å²) in [6.07, 6.45) is 7.41. The highest BCUT2D eigenvalue weighted by molar-refractivity contribution is 5.27. The zero-order valence-electron chi connectivity index (χ0n) is 13.3. The van der Waals surface area contributed by atoms with Gasteiger partial charge in [0.2, 0.25) is 0 Å². The maximum Gasteiger partial charge on any atom is 0.118 e. The fourth-order valence-corrected chi connectivity index (χ4v) is 3.00. The molecule has 1 saturated heterocycles. The van der Waals surface area contributed by atoms with Gasteiger partial charge in [-0.1, -0.05) is 44.7 Å². The van der Waals surface area contributed by atoms with Crippen LogP contribution < -0.4 is 4.74 Å². The Bertz CT molecular complexity index is 401. The molecule has 0 saturated carbocycles. The van der Waals surface area contributed by atoms with Gasteiger partial charge in [0, 0.05) is 6.42 Å². The summed E-state index contributed by atoms with van der Waals surface area (Å²) in [5, 5.41) is 10.1. The van der Waals surface area contributed by atoms with Crippen LogP contribution in [0.4, 0.5) is 0 Å². The van der Waals surface area contributed by atoms with Crippen LogP contribution in [-0.4, -0.2) is 30.5 Å². The zero-order chi connectivity index (χ0) is 15.1. The Morgan fingerprint density at radius 3 is 2.62 bits per heavy atom. The van der Waals surface area contributed by atoms with E-state index < -0.39 is 0 Å². The maximum absolute atomic E-state index is 10.1. The van der Waals surface area contributed by atoms with Crippen LogP contribution in [0.5, 0.6) is 5.75 Å². The molecule has 3 nitrogen and oxygen atoms in total. The van der Waals surface area contributed by atoms with Crippen molar-refractivity contribution in [2.45, 2.75) is 70.2 Å². The van der Waals surface area contributed by atoms with Crippen LogP contribution in [0.3, 0.4) is 0 Å². The third-order valence-electron chi connectivity index (χ3n) is 4.27. The van der Waals surface area contributed by atoms with Gasteiger partial charge in [-0.05, 0) is 30.5 Å². The second-order valence-corrected chi connectivity index (χ2v) is 6.00. The minimum absolute atomic E-state index is 0.0325. The van der Waals surface area contributed by atoms with E-state index in [4.69, 9.17) is 9.47 Å². The molecule has 2 rings (SSSR count). The first-order chi connectivity index (χ1) is 10.2. The molecule has 1 N–H and O–H groups in total. The van der Waals surface area contributed by atoms with Gasteiger partial charge in [-0.15, -0.1) is 0 Å². The van der Waals surface area contributed by atoms with Crippen molar-refractivity contribution in [2.24, 2.45) is 0 Å². The lowest BCUT2D eigenvalue weighted by molar-refractivity contribution is 0.00446. The second kappa shape index (κ2) is 8.40. The number of methoxy groups -OCH3 is 1. The average Bonchev–Trinajstić information content (AvgIpc) is 2.84. The second-order valence-electron chi connectivity index (χ2n) is 6.00. The average molecular weight is 292 g/mol. The van der Waals surface area contributed by atoms with Gasteiger partial charge in [0.05, 0.1) is 25.4 Å². The Hall–Kier alpha value is -1.06. The molecular formula is C18H28O3. The fraction of sp³-hybridized carbons (Fsp3) is 0.667. The molecule has 1 aliphatic heterocycles. The third-order valence-corrected chi connectivity index (χ3v) is 4.27. The number of hydrogen-bond acceptors (Lipinski definition) is 3. The molecule has 1 aromatic rings. The van der Waals surface area contributed by atoms with Gasteiger partial charge in [0.25, 0.3) is 0 Å². The largest absolute Gasteiger partial charge is 0.497 e. The molecule has 1 unspecified atom stereocenters. The number of unbranched alkanes of at least 4 members (excludes halogenated alkanes) is 3. The number of aliphatic hydroxyl groups excluding tert-OH is 1. The van der Waals surface area contributed by atoms with Crippen molar-refractivity contribution < 1.29 is 14.6 Å². The minimum atomic E-state index is -0.296. The minimum Gasteiger partial charge on any atom is -0.497 e. The molecule has 21 heavy (non-hydrogen) atoms. The summed E-state index contributed by atoms with van der Waals surface area (Å²) in [4.78, 5) is 0. The number of hydrogen-bond donors (Lipinski definition) is 1. The number of aliphatic hydroxyl groups is 1. The summed E-state index contributed by atoms with van der Waals surface area (Å²) in [6, 6.07) is 8.10. The fourth-order valence-electron chi connectivity index (χ4n) is 3.00. The first-order valence-corrected chi connectivity index (χ1v) is 8.19. The monoisotopic (exact) mass is 292 g/mol. The molecule has 0 aliphatic carbocycles. The summed E-state index contributed by atoms with van der Waals surface area (Å²) < 4.78 is 11.2. The quantitative estimate of drug-likeness (QED) is 0.742. The summed E-state index contributed by atoms with van der Waals surface area (Å²) in [5.41, 5.74) is 1.24. The van der Waals surface area contributed by atoms with Crippen molar-refractivity contribution in [1.29, 1.82) is 0 Å². The number of rotatable bonds is 8. The van der Waals surface area contributed by atoms with Gasteiger partial charge < -0.3 is 14.6 Å². The molecule has 1 aliphatic rings. The van der Waals surface area contributed by atoms with Gasteiger partial charge in [-0.2, -0.15) is 0 Å². The maximum atomic E-state index is 10.1. The Kier molecular flexibility index (Phi) is 6.52. The highest BCUT2D eigenvalue weighted by atomic mass is 16.5.